The number of methoxy groups -OCH3 is 2. The number of carbonyl (C=O) groups is 2. The molecular weight excluding hydrogens is 294 g/mol. The van der Waals surface area contributed by atoms with Gasteiger partial charge in [0.05, 0.1) is 20.1 Å². The summed E-state index contributed by atoms with van der Waals surface area (Å²) in [5.74, 6) is -0.482. The van der Waals surface area contributed by atoms with E-state index in [0.29, 0.717) is 19.7 Å². The predicted octanol–water partition coefficient (Wildman–Crippen LogP) is 2.35. The Labute approximate surface area is 137 Å². The van der Waals surface area contributed by atoms with Gasteiger partial charge in [-0.25, -0.2) is 0 Å². The number of hydrogen-bond acceptors (Lipinski definition) is 4. The molecule has 0 bridgehead atoms. The third-order valence-electron chi connectivity index (χ3n) is 3.52. The summed E-state index contributed by atoms with van der Waals surface area (Å²) in [5, 5.41) is 0. The van der Waals surface area contributed by atoms with Crippen LogP contribution in [0.15, 0.2) is 24.3 Å². The molecule has 0 fully saturated rings. The van der Waals surface area contributed by atoms with Crippen molar-refractivity contribution in [2.45, 2.75) is 20.3 Å². The van der Waals surface area contributed by atoms with E-state index >= 15 is 0 Å². The number of esters is 1. The number of benzene rings is 1. The van der Waals surface area contributed by atoms with E-state index in [2.05, 4.69) is 10.8 Å². The Kier molecular flexibility index (Phi) is 8.05. The highest BCUT2D eigenvalue weighted by molar-refractivity contribution is 5.92. The monoisotopic (exact) mass is 319 g/mol. The number of aryl methyl sites for hydroxylation is 2. The molecule has 1 aromatic carbocycles. The molecule has 1 rings (SSSR count). The molecule has 0 radical (unpaired) electrons. The lowest BCUT2D eigenvalue weighted by molar-refractivity contribution is -0.141. The summed E-state index contributed by atoms with van der Waals surface area (Å²) in [7, 11) is 2.91. The molecule has 0 atom stereocenters. The van der Waals surface area contributed by atoms with Crippen LogP contribution in [0.25, 0.3) is 6.08 Å². The number of hydrogen-bond donors (Lipinski definition) is 0. The largest absolute Gasteiger partial charge is 0.469 e. The molecule has 0 aliphatic carbocycles. The maximum Gasteiger partial charge on any atom is 0.307 e. The van der Waals surface area contributed by atoms with Crippen LogP contribution in [0.4, 0.5) is 0 Å². The first-order chi connectivity index (χ1) is 11.0. The van der Waals surface area contributed by atoms with E-state index in [0.717, 1.165) is 11.1 Å². The van der Waals surface area contributed by atoms with E-state index in [9.17, 15) is 9.59 Å². The van der Waals surface area contributed by atoms with Gasteiger partial charge < -0.3 is 14.4 Å². The summed E-state index contributed by atoms with van der Waals surface area (Å²) in [6.45, 7) is 5.21. The van der Waals surface area contributed by atoms with Gasteiger partial charge in [-0.05, 0) is 31.1 Å². The first-order valence-electron chi connectivity index (χ1n) is 7.58. The third kappa shape index (κ3) is 6.65. The summed E-state index contributed by atoms with van der Waals surface area (Å²) < 4.78 is 9.63. The summed E-state index contributed by atoms with van der Waals surface area (Å²) >= 11 is 0. The van der Waals surface area contributed by atoms with E-state index in [1.54, 1.807) is 18.1 Å². The zero-order chi connectivity index (χ0) is 17.2. The highest BCUT2D eigenvalue weighted by Gasteiger charge is 2.12. The SMILES string of the molecule is COCCN(CCC(=O)OC)C(=O)/C=C/c1ccc(C)cc1C. The Hall–Kier alpha value is -2.14. The summed E-state index contributed by atoms with van der Waals surface area (Å²) in [6.07, 6.45) is 3.50. The van der Waals surface area contributed by atoms with E-state index in [1.807, 2.05) is 26.0 Å². The quantitative estimate of drug-likeness (QED) is 0.545. The topological polar surface area (TPSA) is 55.8 Å². The van der Waals surface area contributed by atoms with Crippen LogP contribution in [-0.2, 0) is 19.1 Å². The minimum Gasteiger partial charge on any atom is -0.469 e. The summed E-state index contributed by atoms with van der Waals surface area (Å²) in [4.78, 5) is 25.2. The van der Waals surface area contributed by atoms with E-state index in [1.165, 1.54) is 18.7 Å². The fraction of sp³-hybridized carbons (Fsp3) is 0.444. The molecule has 23 heavy (non-hydrogen) atoms. The summed E-state index contributed by atoms with van der Waals surface area (Å²) in [6, 6.07) is 6.07. The minimum atomic E-state index is -0.335. The Morgan fingerprint density at radius 2 is 1.91 bits per heavy atom. The maximum atomic E-state index is 12.3. The molecule has 126 valence electrons. The van der Waals surface area contributed by atoms with Crippen LogP contribution in [0.5, 0.6) is 0 Å². The van der Waals surface area contributed by atoms with Crippen LogP contribution in [0.3, 0.4) is 0 Å². The molecule has 0 saturated heterocycles. The molecule has 0 unspecified atom stereocenters. The van der Waals surface area contributed by atoms with Gasteiger partial charge in [0, 0.05) is 26.3 Å². The van der Waals surface area contributed by atoms with Crippen molar-refractivity contribution >= 4 is 18.0 Å². The number of ether oxygens (including phenoxy) is 2. The molecule has 5 heteroatoms. The molecule has 0 aromatic heterocycles. The second kappa shape index (κ2) is 9.79. The fourth-order valence-corrected chi connectivity index (χ4v) is 2.14. The zero-order valence-corrected chi connectivity index (χ0v) is 14.3. The molecular formula is C18H25NO4. The number of carbonyl (C=O) groups excluding carboxylic acids is 2. The third-order valence-corrected chi connectivity index (χ3v) is 3.52. The van der Waals surface area contributed by atoms with Crippen molar-refractivity contribution in [1.29, 1.82) is 0 Å². The van der Waals surface area contributed by atoms with Crippen molar-refractivity contribution < 1.29 is 19.1 Å². The molecule has 1 aromatic rings. The normalized spacial score (nSPS) is 10.8. The number of rotatable bonds is 8. The smallest absolute Gasteiger partial charge is 0.307 e. The summed E-state index contributed by atoms with van der Waals surface area (Å²) in [5.41, 5.74) is 3.31. The maximum absolute atomic E-state index is 12.3. The van der Waals surface area contributed by atoms with Crippen molar-refractivity contribution in [3.05, 3.63) is 41.0 Å². The first-order valence-corrected chi connectivity index (χ1v) is 7.58. The van der Waals surface area contributed by atoms with Crippen LogP contribution in [0, 0.1) is 13.8 Å². The number of nitrogens with zero attached hydrogens (tertiary/aromatic N) is 1. The number of amides is 1. The Morgan fingerprint density at radius 1 is 1.17 bits per heavy atom. The Bertz CT molecular complexity index is 566. The average Bonchev–Trinajstić information content (AvgIpc) is 2.53. The van der Waals surface area contributed by atoms with Crippen LogP contribution in [0.2, 0.25) is 0 Å². The Morgan fingerprint density at radius 3 is 2.52 bits per heavy atom. The van der Waals surface area contributed by atoms with Gasteiger partial charge in [-0.1, -0.05) is 23.8 Å². The second-order valence-corrected chi connectivity index (χ2v) is 5.34. The van der Waals surface area contributed by atoms with Crippen molar-refractivity contribution in [3.63, 3.8) is 0 Å². The lowest BCUT2D eigenvalue weighted by atomic mass is 10.1. The van der Waals surface area contributed by atoms with Crippen molar-refractivity contribution in [1.82, 2.24) is 4.90 Å². The zero-order valence-electron chi connectivity index (χ0n) is 14.3. The molecule has 0 saturated carbocycles. The van der Waals surface area contributed by atoms with Gasteiger partial charge in [0.25, 0.3) is 0 Å². The molecule has 0 aliphatic heterocycles. The van der Waals surface area contributed by atoms with E-state index in [-0.39, 0.29) is 18.3 Å². The van der Waals surface area contributed by atoms with Crippen LogP contribution < -0.4 is 0 Å². The van der Waals surface area contributed by atoms with Crippen LogP contribution >= 0.6 is 0 Å². The van der Waals surface area contributed by atoms with Gasteiger partial charge in [-0.15, -0.1) is 0 Å². The van der Waals surface area contributed by atoms with Gasteiger partial charge in [0.15, 0.2) is 0 Å². The Balaban J connectivity index is 2.74. The molecule has 0 spiro atoms. The fourth-order valence-electron chi connectivity index (χ4n) is 2.14. The van der Waals surface area contributed by atoms with Gasteiger partial charge >= 0.3 is 5.97 Å². The highest BCUT2D eigenvalue weighted by Crippen LogP contribution is 2.12. The lowest BCUT2D eigenvalue weighted by Crippen LogP contribution is -2.34. The lowest BCUT2D eigenvalue weighted by Gasteiger charge is -2.20. The molecule has 5 nitrogen and oxygen atoms in total. The van der Waals surface area contributed by atoms with Crippen molar-refractivity contribution in [2.24, 2.45) is 0 Å². The van der Waals surface area contributed by atoms with E-state index < -0.39 is 0 Å². The average molecular weight is 319 g/mol. The van der Waals surface area contributed by atoms with Crippen molar-refractivity contribution in [2.75, 3.05) is 33.9 Å². The van der Waals surface area contributed by atoms with Gasteiger partial charge in [0.2, 0.25) is 5.91 Å². The predicted molar refractivity (Wildman–Crippen MR) is 90.0 cm³/mol. The minimum absolute atomic E-state index is 0.147. The molecule has 0 heterocycles. The van der Waals surface area contributed by atoms with E-state index in [4.69, 9.17) is 4.74 Å². The highest BCUT2D eigenvalue weighted by atomic mass is 16.5. The van der Waals surface area contributed by atoms with Crippen molar-refractivity contribution in [3.8, 4) is 0 Å². The molecule has 0 aliphatic rings. The van der Waals surface area contributed by atoms with Gasteiger partial charge in [-0.2, -0.15) is 0 Å². The van der Waals surface area contributed by atoms with Crippen LogP contribution in [0.1, 0.15) is 23.1 Å². The van der Waals surface area contributed by atoms with Gasteiger partial charge in [0.1, 0.15) is 0 Å². The standard InChI is InChI=1S/C18H25NO4/c1-14-5-6-16(15(2)13-14)7-8-17(20)19(11-12-22-3)10-9-18(21)23-4/h5-8,13H,9-12H2,1-4H3/b8-7+. The van der Waals surface area contributed by atoms with Crippen LogP contribution in [-0.4, -0.2) is 50.7 Å². The second-order valence-electron chi connectivity index (χ2n) is 5.34. The molecule has 0 N–H and O–H groups in total. The molecule has 1 amide bonds. The first kappa shape index (κ1) is 18.9. The van der Waals surface area contributed by atoms with Gasteiger partial charge in [-0.3, -0.25) is 9.59 Å².